The maximum absolute atomic E-state index is 11.8. The van der Waals surface area contributed by atoms with Gasteiger partial charge >= 0.3 is 0 Å². The number of hydrogen-bond acceptors (Lipinski definition) is 4. The molecule has 0 radical (unpaired) electrons. The van der Waals surface area contributed by atoms with E-state index in [1.54, 1.807) is 4.31 Å². The molecule has 6 heteroatoms. The van der Waals surface area contributed by atoms with Gasteiger partial charge in [0.2, 0.25) is 10.0 Å². The molecule has 0 aromatic rings. The van der Waals surface area contributed by atoms with Gasteiger partial charge in [0.1, 0.15) is 0 Å². The van der Waals surface area contributed by atoms with Crippen LogP contribution in [0.4, 0.5) is 0 Å². The molecule has 0 amide bonds. The molecule has 1 fully saturated rings. The normalized spacial score (nSPS) is 19.3. The number of sulfonamides is 1. The van der Waals surface area contributed by atoms with E-state index < -0.39 is 10.0 Å². The Balaban J connectivity index is 2.30. The fourth-order valence-electron chi connectivity index (χ4n) is 1.51. The van der Waals surface area contributed by atoms with Crippen molar-refractivity contribution in [3.8, 4) is 0 Å². The number of hydrogen-bond donors (Lipinski definition) is 1. The number of thioether (sulfide) groups is 1. The van der Waals surface area contributed by atoms with Crippen molar-refractivity contribution < 1.29 is 8.42 Å². The fourth-order valence-corrected chi connectivity index (χ4v) is 4.15. The molecule has 0 aliphatic carbocycles. The number of nitrogens with one attached hydrogen (secondary N) is 1. The van der Waals surface area contributed by atoms with Crippen LogP contribution in [0.3, 0.4) is 0 Å². The van der Waals surface area contributed by atoms with Crippen molar-refractivity contribution >= 4 is 21.8 Å². The minimum atomic E-state index is -2.98. The van der Waals surface area contributed by atoms with Crippen molar-refractivity contribution in [3.63, 3.8) is 0 Å². The highest BCUT2D eigenvalue weighted by Gasteiger charge is 2.23. The molecule has 90 valence electrons. The smallest absolute Gasteiger partial charge is 0.214 e. The van der Waals surface area contributed by atoms with Gasteiger partial charge in [0, 0.05) is 24.6 Å². The first-order valence-corrected chi connectivity index (χ1v) is 8.19. The second kappa shape index (κ2) is 6.73. The van der Waals surface area contributed by atoms with E-state index in [2.05, 4.69) is 5.32 Å². The molecule has 1 rings (SSSR count). The maximum Gasteiger partial charge on any atom is 0.214 e. The van der Waals surface area contributed by atoms with Gasteiger partial charge in [0.25, 0.3) is 0 Å². The summed E-state index contributed by atoms with van der Waals surface area (Å²) < 4.78 is 25.3. The highest BCUT2D eigenvalue weighted by Crippen LogP contribution is 2.13. The summed E-state index contributed by atoms with van der Waals surface area (Å²) >= 11 is 1.83. The molecule has 0 unspecified atom stereocenters. The Hall–Kier alpha value is 0.220. The van der Waals surface area contributed by atoms with E-state index in [0.29, 0.717) is 19.5 Å². The van der Waals surface area contributed by atoms with Gasteiger partial charge in [-0.25, -0.2) is 12.7 Å². The zero-order valence-corrected chi connectivity index (χ0v) is 10.9. The lowest BCUT2D eigenvalue weighted by atomic mass is 10.5. The molecule has 1 aliphatic rings. The van der Waals surface area contributed by atoms with Gasteiger partial charge in [-0.15, -0.1) is 0 Å². The average Bonchev–Trinajstić information content (AvgIpc) is 2.26. The summed E-state index contributed by atoms with van der Waals surface area (Å²) in [6.45, 7) is 5.09. The van der Waals surface area contributed by atoms with E-state index in [9.17, 15) is 8.42 Å². The minimum absolute atomic E-state index is 0.282. The second-order valence-corrected chi connectivity index (χ2v) is 6.85. The van der Waals surface area contributed by atoms with Crippen LogP contribution in [0.25, 0.3) is 0 Å². The van der Waals surface area contributed by atoms with E-state index in [-0.39, 0.29) is 5.75 Å². The summed E-state index contributed by atoms with van der Waals surface area (Å²) in [7, 11) is -2.98. The SMILES string of the molecule is CCNCCCS(=O)(=O)N1CCSCC1. The van der Waals surface area contributed by atoms with E-state index in [0.717, 1.165) is 24.6 Å². The van der Waals surface area contributed by atoms with Crippen LogP contribution < -0.4 is 5.32 Å². The third kappa shape index (κ3) is 4.72. The van der Waals surface area contributed by atoms with Crippen molar-refractivity contribution in [2.75, 3.05) is 43.4 Å². The summed E-state index contributed by atoms with van der Waals surface area (Å²) in [6.07, 6.45) is 0.708. The van der Waals surface area contributed by atoms with E-state index in [1.165, 1.54) is 0 Å². The quantitative estimate of drug-likeness (QED) is 0.694. The summed E-state index contributed by atoms with van der Waals surface area (Å²) in [5.41, 5.74) is 0. The van der Waals surface area contributed by atoms with Gasteiger partial charge in [-0.05, 0) is 19.5 Å². The lowest BCUT2D eigenvalue weighted by Crippen LogP contribution is -2.39. The molecule has 15 heavy (non-hydrogen) atoms. The number of nitrogens with zero attached hydrogens (tertiary/aromatic N) is 1. The molecule has 0 spiro atoms. The Labute approximate surface area is 96.8 Å². The van der Waals surface area contributed by atoms with Crippen molar-refractivity contribution in [2.45, 2.75) is 13.3 Å². The monoisotopic (exact) mass is 252 g/mol. The van der Waals surface area contributed by atoms with Crippen LogP contribution in [0.5, 0.6) is 0 Å². The second-order valence-electron chi connectivity index (χ2n) is 3.53. The van der Waals surface area contributed by atoms with Gasteiger partial charge in [0.15, 0.2) is 0 Å². The van der Waals surface area contributed by atoms with Crippen molar-refractivity contribution in [2.24, 2.45) is 0 Å². The largest absolute Gasteiger partial charge is 0.317 e. The first kappa shape index (κ1) is 13.3. The molecular weight excluding hydrogens is 232 g/mol. The highest BCUT2D eigenvalue weighted by atomic mass is 32.2. The maximum atomic E-state index is 11.8. The first-order chi connectivity index (χ1) is 7.17. The van der Waals surface area contributed by atoms with Crippen molar-refractivity contribution in [1.82, 2.24) is 9.62 Å². The predicted molar refractivity (Wildman–Crippen MR) is 65.8 cm³/mol. The van der Waals surface area contributed by atoms with Crippen LogP contribution in [0.15, 0.2) is 0 Å². The Kier molecular flexibility index (Phi) is 5.96. The summed E-state index contributed by atoms with van der Waals surface area (Å²) in [6, 6.07) is 0. The number of rotatable bonds is 6. The Morgan fingerprint density at radius 1 is 1.33 bits per heavy atom. The van der Waals surface area contributed by atoms with Crippen LogP contribution in [0.1, 0.15) is 13.3 Å². The van der Waals surface area contributed by atoms with E-state index >= 15 is 0 Å². The highest BCUT2D eigenvalue weighted by molar-refractivity contribution is 7.99. The Morgan fingerprint density at radius 2 is 2.00 bits per heavy atom. The molecule has 1 saturated heterocycles. The topological polar surface area (TPSA) is 49.4 Å². The van der Waals surface area contributed by atoms with Crippen molar-refractivity contribution in [3.05, 3.63) is 0 Å². The lowest BCUT2D eigenvalue weighted by Gasteiger charge is -2.25. The predicted octanol–water partition coefficient (Wildman–Crippen LogP) is 0.365. The molecule has 0 aromatic carbocycles. The lowest BCUT2D eigenvalue weighted by molar-refractivity contribution is 0.442. The summed E-state index contributed by atoms with van der Waals surface area (Å²) in [4.78, 5) is 0. The molecule has 0 bridgehead atoms. The molecular formula is C9H20N2O2S2. The molecule has 0 atom stereocenters. The van der Waals surface area contributed by atoms with Gasteiger partial charge in [-0.3, -0.25) is 0 Å². The molecule has 1 aliphatic heterocycles. The molecule has 1 heterocycles. The van der Waals surface area contributed by atoms with Crippen LogP contribution in [0, 0.1) is 0 Å². The Bertz CT molecular complexity index is 261. The zero-order valence-electron chi connectivity index (χ0n) is 9.24. The van der Waals surface area contributed by atoms with E-state index in [4.69, 9.17) is 0 Å². The first-order valence-electron chi connectivity index (χ1n) is 5.43. The van der Waals surface area contributed by atoms with Gasteiger partial charge in [-0.1, -0.05) is 6.92 Å². The third-order valence-corrected chi connectivity index (χ3v) is 5.27. The zero-order chi connectivity index (χ0) is 11.1. The van der Waals surface area contributed by atoms with Gasteiger partial charge < -0.3 is 5.32 Å². The molecule has 0 saturated carbocycles. The van der Waals surface area contributed by atoms with Gasteiger partial charge in [0.05, 0.1) is 5.75 Å². The van der Waals surface area contributed by atoms with Crippen molar-refractivity contribution in [1.29, 1.82) is 0 Å². The Morgan fingerprint density at radius 3 is 2.60 bits per heavy atom. The van der Waals surface area contributed by atoms with Crippen LogP contribution in [0.2, 0.25) is 0 Å². The molecule has 1 N–H and O–H groups in total. The van der Waals surface area contributed by atoms with Crippen LogP contribution in [-0.2, 0) is 10.0 Å². The average molecular weight is 252 g/mol. The standard InChI is InChI=1S/C9H20N2O2S2/c1-2-10-4-3-9-15(12,13)11-5-7-14-8-6-11/h10H,2-9H2,1H3. The third-order valence-electron chi connectivity index (χ3n) is 2.37. The minimum Gasteiger partial charge on any atom is -0.317 e. The van der Waals surface area contributed by atoms with E-state index in [1.807, 2.05) is 18.7 Å². The summed E-state index contributed by atoms with van der Waals surface area (Å²) in [5, 5.41) is 3.14. The van der Waals surface area contributed by atoms with Crippen LogP contribution in [-0.4, -0.2) is 56.2 Å². The van der Waals surface area contributed by atoms with Gasteiger partial charge in [-0.2, -0.15) is 11.8 Å². The molecule has 0 aromatic heterocycles. The summed E-state index contributed by atoms with van der Waals surface area (Å²) in [5.74, 6) is 2.16. The fraction of sp³-hybridized carbons (Fsp3) is 1.00. The molecule has 4 nitrogen and oxygen atoms in total. The van der Waals surface area contributed by atoms with Crippen LogP contribution >= 0.6 is 11.8 Å².